The van der Waals surface area contributed by atoms with Crippen molar-refractivity contribution in [3.8, 4) is 6.01 Å². The Labute approximate surface area is 294 Å². The van der Waals surface area contributed by atoms with E-state index in [0.717, 1.165) is 30.5 Å². The van der Waals surface area contributed by atoms with Gasteiger partial charge in [0.15, 0.2) is 6.61 Å². The molecule has 1 fully saturated rings. The number of nitrogens with zero attached hydrogens (tertiary/aromatic N) is 3. The molecular weight excluding hydrogens is 696 g/mol. The molecule has 0 aliphatic heterocycles. The Balaban J connectivity index is 1.17. The maximum absolute atomic E-state index is 13.1. The summed E-state index contributed by atoms with van der Waals surface area (Å²) < 4.78 is 56.6. The van der Waals surface area contributed by atoms with Crippen LogP contribution in [-0.4, -0.2) is 58.5 Å². The zero-order chi connectivity index (χ0) is 36.8. The quantitative estimate of drug-likeness (QED) is 0.0827. The first-order valence-electron chi connectivity index (χ1n) is 15.6. The first-order chi connectivity index (χ1) is 24.1. The van der Waals surface area contributed by atoms with E-state index in [2.05, 4.69) is 41.5 Å². The lowest BCUT2D eigenvalue weighted by Gasteiger charge is -2.25. The van der Waals surface area contributed by atoms with E-state index in [4.69, 9.17) is 16.3 Å². The summed E-state index contributed by atoms with van der Waals surface area (Å²) in [5.41, 5.74) is 0.713. The van der Waals surface area contributed by atoms with Crippen molar-refractivity contribution in [1.82, 2.24) is 25.6 Å². The molecule has 12 nitrogen and oxygen atoms in total. The van der Waals surface area contributed by atoms with E-state index in [-0.39, 0.29) is 30.7 Å². The number of carbonyl (C=O) groups is 3. The highest BCUT2D eigenvalue weighted by Crippen LogP contribution is 2.48. The molecule has 1 aliphatic carbocycles. The van der Waals surface area contributed by atoms with E-state index in [0.29, 0.717) is 16.3 Å². The molecule has 5 rings (SSSR count). The minimum Gasteiger partial charge on any atom is -0.454 e. The second kappa shape index (κ2) is 15.2. The van der Waals surface area contributed by atoms with Crippen molar-refractivity contribution in [2.45, 2.75) is 38.4 Å². The second-order valence-corrected chi connectivity index (χ2v) is 13.0. The van der Waals surface area contributed by atoms with E-state index >= 15 is 0 Å². The number of anilines is 4. The minimum atomic E-state index is -4.61. The average molecular weight is 729 g/mol. The van der Waals surface area contributed by atoms with Crippen LogP contribution < -0.4 is 31.3 Å². The number of amides is 3. The van der Waals surface area contributed by atoms with Gasteiger partial charge in [-0.2, -0.15) is 28.1 Å². The maximum Gasteiger partial charge on any atom is 0.422 e. The molecule has 0 atom stereocenters. The Hall–Kier alpha value is -5.51. The highest BCUT2D eigenvalue weighted by Gasteiger charge is 2.45. The third-order valence-corrected chi connectivity index (χ3v) is 7.90. The molecule has 3 aromatic carbocycles. The van der Waals surface area contributed by atoms with Gasteiger partial charge < -0.3 is 31.3 Å². The molecule has 0 unspecified atom stereocenters. The van der Waals surface area contributed by atoms with Gasteiger partial charge in [0.1, 0.15) is 5.82 Å². The predicted octanol–water partition coefficient (Wildman–Crippen LogP) is 5.96. The van der Waals surface area contributed by atoms with Crippen LogP contribution >= 0.6 is 11.6 Å². The van der Waals surface area contributed by atoms with E-state index < -0.39 is 53.3 Å². The lowest BCUT2D eigenvalue weighted by Crippen LogP contribution is -2.44. The van der Waals surface area contributed by atoms with Crippen molar-refractivity contribution in [2.75, 3.05) is 35.6 Å². The van der Waals surface area contributed by atoms with Crippen molar-refractivity contribution in [3.05, 3.63) is 94.8 Å². The van der Waals surface area contributed by atoms with Gasteiger partial charge in [-0.05, 0) is 84.5 Å². The van der Waals surface area contributed by atoms with E-state index in [1.807, 2.05) is 12.1 Å². The largest absolute Gasteiger partial charge is 0.454 e. The summed E-state index contributed by atoms with van der Waals surface area (Å²) in [7, 11) is 0. The fourth-order valence-electron chi connectivity index (χ4n) is 4.71. The maximum atomic E-state index is 13.1. The molecule has 1 heterocycles. The molecule has 3 amide bonds. The molecule has 1 saturated carbocycles. The predicted molar refractivity (Wildman–Crippen MR) is 181 cm³/mol. The number of ether oxygens (including phenoxy) is 1. The Morgan fingerprint density at radius 2 is 1.41 bits per heavy atom. The summed E-state index contributed by atoms with van der Waals surface area (Å²) in [4.78, 5) is 49.7. The van der Waals surface area contributed by atoms with Crippen molar-refractivity contribution in [1.29, 1.82) is 0 Å². The van der Waals surface area contributed by atoms with Crippen molar-refractivity contribution >= 4 is 52.6 Å². The van der Waals surface area contributed by atoms with Crippen LogP contribution in [0.5, 0.6) is 6.01 Å². The van der Waals surface area contributed by atoms with Gasteiger partial charge >= 0.3 is 24.0 Å². The van der Waals surface area contributed by atoms with Crippen LogP contribution in [0.2, 0.25) is 5.02 Å². The van der Waals surface area contributed by atoms with Crippen molar-refractivity contribution in [2.24, 2.45) is 5.41 Å². The number of halogens is 5. The Morgan fingerprint density at radius 3 is 2.04 bits per heavy atom. The summed E-state index contributed by atoms with van der Waals surface area (Å²) in [6, 6.07) is 17.7. The van der Waals surface area contributed by atoms with Gasteiger partial charge in [-0.1, -0.05) is 37.6 Å². The molecule has 51 heavy (non-hydrogen) atoms. The number of carbonyl (C=O) groups excluding carboxylic acids is 3. The van der Waals surface area contributed by atoms with Crippen LogP contribution in [-0.2, 0) is 15.1 Å². The number of aromatic nitrogens is 3. The molecule has 0 bridgehead atoms. The third kappa shape index (κ3) is 10.7. The highest BCUT2D eigenvalue weighted by atomic mass is 35.5. The molecule has 0 radical (unpaired) electrons. The number of hydrogen-bond donors (Lipinski definition) is 5. The van der Waals surface area contributed by atoms with Gasteiger partial charge in [0, 0.05) is 35.1 Å². The van der Waals surface area contributed by atoms with Crippen molar-refractivity contribution in [3.63, 3.8) is 0 Å². The van der Waals surface area contributed by atoms with Crippen LogP contribution in [0.25, 0.3) is 0 Å². The van der Waals surface area contributed by atoms with Crippen LogP contribution in [0.3, 0.4) is 0 Å². The normalized spacial score (nSPS) is 13.5. The molecule has 0 spiro atoms. The molecule has 4 aromatic rings. The topological polar surface area (TPSA) is 159 Å². The second-order valence-electron chi connectivity index (χ2n) is 12.6. The van der Waals surface area contributed by atoms with E-state index in [9.17, 15) is 31.9 Å². The number of rotatable bonds is 13. The molecular formula is C34H33ClF4N8O4. The summed E-state index contributed by atoms with van der Waals surface area (Å²) in [6.07, 6.45) is -3.16. The van der Waals surface area contributed by atoms with Gasteiger partial charge in [-0.3, -0.25) is 14.4 Å². The molecule has 268 valence electrons. The monoisotopic (exact) mass is 728 g/mol. The molecule has 0 saturated heterocycles. The molecule has 1 aromatic heterocycles. The molecule has 17 heteroatoms. The fourth-order valence-corrected chi connectivity index (χ4v) is 4.84. The van der Waals surface area contributed by atoms with Gasteiger partial charge in [-0.25, -0.2) is 4.39 Å². The molecule has 1 aliphatic rings. The summed E-state index contributed by atoms with van der Waals surface area (Å²) in [6.45, 7) is 2.17. The lowest BCUT2D eigenvalue weighted by atomic mass is 9.93. The molecule has 5 N–H and O–H groups in total. The Kier molecular flexibility index (Phi) is 10.9. The van der Waals surface area contributed by atoms with Gasteiger partial charge in [-0.15, -0.1) is 0 Å². The fraction of sp³-hybridized carbons (Fsp3) is 0.294. The van der Waals surface area contributed by atoms with Crippen LogP contribution in [0.15, 0.2) is 72.8 Å². The number of nitrogens with one attached hydrogen (secondary N) is 5. The number of benzene rings is 3. The zero-order valence-electron chi connectivity index (χ0n) is 27.3. The smallest absolute Gasteiger partial charge is 0.422 e. The standard InChI is InChI=1S/C34H33ClF4N8O4/c1-32(2,18-41-27(49)28(50)42-24-13-9-23(36)10-14-24)17-40-26(48)20-3-11-25(12-4-20)43-29-44-30(46-31(45-29)51-19-34(37,38)39)47-33(15-16-33)21-5-7-22(35)8-6-21/h3-14H,15-19H2,1-2H3,(H,40,48)(H,41,49)(H,42,50)(H2,43,44,45,46,47). The summed E-state index contributed by atoms with van der Waals surface area (Å²) in [5.74, 6) is -2.81. The third-order valence-electron chi connectivity index (χ3n) is 7.64. The van der Waals surface area contributed by atoms with Gasteiger partial charge in [0.05, 0.1) is 5.54 Å². The highest BCUT2D eigenvalue weighted by molar-refractivity contribution is 6.39. The zero-order valence-corrected chi connectivity index (χ0v) is 28.1. The van der Waals surface area contributed by atoms with Gasteiger partial charge in [0.25, 0.3) is 5.91 Å². The lowest BCUT2D eigenvalue weighted by molar-refractivity contribution is -0.154. The summed E-state index contributed by atoms with van der Waals surface area (Å²) in [5, 5.41) is 14.4. The van der Waals surface area contributed by atoms with Crippen LogP contribution in [0, 0.1) is 11.2 Å². The van der Waals surface area contributed by atoms with Crippen LogP contribution in [0.1, 0.15) is 42.6 Å². The summed E-state index contributed by atoms with van der Waals surface area (Å²) >= 11 is 6.02. The SMILES string of the molecule is CC(C)(CNC(=O)C(=O)Nc1ccc(F)cc1)CNC(=O)c1ccc(Nc2nc(NC3(c4ccc(Cl)cc4)CC3)nc(OCC(F)(F)F)n2)cc1. The Bertz CT molecular complexity index is 1870. The van der Waals surface area contributed by atoms with Crippen LogP contribution in [0.4, 0.5) is 40.8 Å². The van der Waals surface area contributed by atoms with Gasteiger partial charge in [0.2, 0.25) is 11.9 Å². The Morgan fingerprint density at radius 1 is 0.804 bits per heavy atom. The number of hydrogen-bond acceptors (Lipinski definition) is 9. The first kappa shape index (κ1) is 36.8. The average Bonchev–Trinajstić information content (AvgIpc) is 3.86. The van der Waals surface area contributed by atoms with Crippen molar-refractivity contribution < 1.29 is 36.7 Å². The van der Waals surface area contributed by atoms with E-state index in [1.54, 1.807) is 38.1 Å². The van der Waals surface area contributed by atoms with E-state index in [1.165, 1.54) is 24.3 Å². The minimum absolute atomic E-state index is 0.000402. The first-order valence-corrected chi connectivity index (χ1v) is 16.0. The number of alkyl halides is 3.